The second kappa shape index (κ2) is 5.92. The van der Waals surface area contributed by atoms with Gasteiger partial charge in [-0.3, -0.25) is 0 Å². The number of hydrogen-bond acceptors (Lipinski definition) is 3. The van der Waals surface area contributed by atoms with E-state index in [9.17, 15) is 0 Å². The van der Waals surface area contributed by atoms with Crippen LogP contribution in [0.5, 0.6) is 5.75 Å². The highest BCUT2D eigenvalue weighted by Crippen LogP contribution is 2.30. The third kappa shape index (κ3) is 3.13. The third-order valence-electron chi connectivity index (χ3n) is 3.24. The first kappa shape index (κ1) is 13.8. The van der Waals surface area contributed by atoms with E-state index >= 15 is 0 Å². The first-order valence-electron chi connectivity index (χ1n) is 6.12. The molecule has 0 radical (unpaired) electrons. The molecule has 1 rings (SSSR count). The van der Waals surface area contributed by atoms with Gasteiger partial charge in [0, 0.05) is 25.3 Å². The number of hydrogen-bond donors (Lipinski definition) is 1. The van der Waals surface area contributed by atoms with Crippen molar-refractivity contribution in [2.24, 2.45) is 5.73 Å². The molecule has 96 valence electrons. The number of rotatable bonds is 5. The second-order valence-corrected chi connectivity index (χ2v) is 4.78. The van der Waals surface area contributed by atoms with E-state index in [0.717, 1.165) is 5.75 Å². The van der Waals surface area contributed by atoms with Crippen LogP contribution in [0.25, 0.3) is 0 Å². The van der Waals surface area contributed by atoms with Gasteiger partial charge in [0.2, 0.25) is 0 Å². The Balaban J connectivity index is 3.07. The molecule has 1 unspecified atom stereocenters. The van der Waals surface area contributed by atoms with Gasteiger partial charge in [-0.05, 0) is 36.6 Å². The molecule has 0 heterocycles. The van der Waals surface area contributed by atoms with E-state index in [2.05, 4.69) is 44.9 Å². The molecule has 1 aromatic rings. The summed E-state index contributed by atoms with van der Waals surface area (Å²) in [5.41, 5.74) is 8.12. The summed E-state index contributed by atoms with van der Waals surface area (Å²) < 4.78 is 5.38. The molecule has 0 amide bonds. The molecule has 0 aliphatic rings. The molecular formula is C14H24N2O. The molecule has 0 aromatic heterocycles. The molecule has 0 saturated carbocycles. The first-order valence-corrected chi connectivity index (χ1v) is 6.12. The van der Waals surface area contributed by atoms with Crippen molar-refractivity contribution in [1.82, 2.24) is 0 Å². The van der Waals surface area contributed by atoms with Crippen molar-refractivity contribution >= 4 is 5.69 Å². The van der Waals surface area contributed by atoms with Gasteiger partial charge < -0.3 is 15.4 Å². The van der Waals surface area contributed by atoms with Crippen molar-refractivity contribution in [3.8, 4) is 5.75 Å². The van der Waals surface area contributed by atoms with Crippen molar-refractivity contribution < 1.29 is 4.74 Å². The number of nitrogens with two attached hydrogens (primary N) is 1. The van der Waals surface area contributed by atoms with Crippen LogP contribution in [0.3, 0.4) is 0 Å². The fourth-order valence-electron chi connectivity index (χ4n) is 1.80. The Morgan fingerprint density at radius 3 is 2.41 bits per heavy atom. The molecule has 0 bridgehead atoms. The lowest BCUT2D eigenvalue weighted by atomic mass is 10.0. The summed E-state index contributed by atoms with van der Waals surface area (Å²) in [4.78, 5) is 2.20. The molecule has 2 N–H and O–H groups in total. The number of benzene rings is 1. The van der Waals surface area contributed by atoms with Crippen LogP contribution in [-0.2, 0) is 0 Å². The summed E-state index contributed by atoms with van der Waals surface area (Å²) in [6, 6.07) is 6.64. The van der Waals surface area contributed by atoms with Crippen LogP contribution in [0.1, 0.15) is 32.3 Å². The minimum absolute atomic E-state index is 0.336. The van der Waals surface area contributed by atoms with Gasteiger partial charge in [0.1, 0.15) is 5.75 Å². The summed E-state index contributed by atoms with van der Waals surface area (Å²) in [5, 5.41) is 0. The molecular weight excluding hydrogens is 212 g/mol. The van der Waals surface area contributed by atoms with Crippen molar-refractivity contribution in [2.45, 2.75) is 32.7 Å². The summed E-state index contributed by atoms with van der Waals surface area (Å²) in [7, 11) is 3.79. The van der Waals surface area contributed by atoms with Gasteiger partial charge in [0.05, 0.1) is 7.11 Å². The third-order valence-corrected chi connectivity index (χ3v) is 3.24. The van der Waals surface area contributed by atoms with Gasteiger partial charge in [-0.1, -0.05) is 13.8 Å². The normalized spacial score (nSPS) is 12.6. The van der Waals surface area contributed by atoms with E-state index in [1.54, 1.807) is 7.11 Å². The maximum absolute atomic E-state index is 5.70. The second-order valence-electron chi connectivity index (χ2n) is 4.78. The van der Waals surface area contributed by atoms with Crippen LogP contribution in [0.2, 0.25) is 0 Å². The molecule has 1 atom stereocenters. The van der Waals surface area contributed by atoms with Crippen molar-refractivity contribution in [1.29, 1.82) is 0 Å². The number of nitrogens with zero attached hydrogens (tertiary/aromatic N) is 1. The molecule has 3 heteroatoms. The number of anilines is 1. The average molecular weight is 236 g/mol. The minimum Gasteiger partial charge on any atom is -0.496 e. The summed E-state index contributed by atoms with van der Waals surface area (Å²) in [6.07, 6.45) is 0. The molecule has 0 aliphatic carbocycles. The zero-order valence-corrected chi connectivity index (χ0v) is 11.5. The lowest BCUT2D eigenvalue weighted by molar-refractivity contribution is 0.407. The van der Waals surface area contributed by atoms with Crippen LogP contribution in [0.15, 0.2) is 18.2 Å². The number of methoxy groups -OCH3 is 1. The maximum atomic E-state index is 5.70. The average Bonchev–Trinajstić information content (AvgIpc) is 2.35. The highest BCUT2D eigenvalue weighted by atomic mass is 16.5. The predicted molar refractivity (Wildman–Crippen MR) is 74.0 cm³/mol. The van der Waals surface area contributed by atoms with E-state index in [-0.39, 0.29) is 0 Å². The standard InChI is InChI=1S/C14H24N2O/c1-10(2)13-8-12(6-7-14(13)17-5)16(4)11(3)9-15/h6-8,10-11H,9,15H2,1-5H3. The highest BCUT2D eigenvalue weighted by molar-refractivity contribution is 5.54. The van der Waals surface area contributed by atoms with E-state index in [0.29, 0.717) is 18.5 Å². The smallest absolute Gasteiger partial charge is 0.122 e. The molecule has 17 heavy (non-hydrogen) atoms. The molecule has 0 saturated heterocycles. The van der Waals surface area contributed by atoms with Crippen LogP contribution in [-0.4, -0.2) is 26.7 Å². The Morgan fingerprint density at radius 2 is 1.94 bits per heavy atom. The van der Waals surface area contributed by atoms with Gasteiger partial charge in [-0.25, -0.2) is 0 Å². The number of ether oxygens (including phenoxy) is 1. The Morgan fingerprint density at radius 1 is 1.29 bits per heavy atom. The van der Waals surface area contributed by atoms with Gasteiger partial charge in [-0.2, -0.15) is 0 Å². The monoisotopic (exact) mass is 236 g/mol. The van der Waals surface area contributed by atoms with Gasteiger partial charge in [0.25, 0.3) is 0 Å². The Hall–Kier alpha value is -1.22. The molecule has 3 nitrogen and oxygen atoms in total. The van der Waals surface area contributed by atoms with Crippen molar-refractivity contribution in [3.05, 3.63) is 23.8 Å². The molecule has 0 fully saturated rings. The lowest BCUT2D eigenvalue weighted by Crippen LogP contribution is -2.35. The fourth-order valence-corrected chi connectivity index (χ4v) is 1.80. The van der Waals surface area contributed by atoms with Crippen LogP contribution >= 0.6 is 0 Å². The van der Waals surface area contributed by atoms with Crippen molar-refractivity contribution in [2.75, 3.05) is 25.6 Å². The molecule has 0 spiro atoms. The van der Waals surface area contributed by atoms with E-state index < -0.39 is 0 Å². The van der Waals surface area contributed by atoms with Crippen molar-refractivity contribution in [3.63, 3.8) is 0 Å². The number of likely N-dealkylation sites (N-methyl/N-ethyl adjacent to an activating group) is 1. The Bertz CT molecular complexity index is 363. The predicted octanol–water partition coefficient (Wildman–Crippen LogP) is 2.60. The zero-order chi connectivity index (χ0) is 13.0. The van der Waals surface area contributed by atoms with E-state index in [1.807, 2.05) is 6.07 Å². The summed E-state index contributed by atoms with van der Waals surface area (Å²) in [6.45, 7) is 7.13. The van der Waals surface area contributed by atoms with Gasteiger partial charge >= 0.3 is 0 Å². The molecule has 1 aromatic carbocycles. The van der Waals surface area contributed by atoms with Gasteiger partial charge in [0.15, 0.2) is 0 Å². The van der Waals surface area contributed by atoms with E-state index in [1.165, 1.54) is 11.3 Å². The maximum Gasteiger partial charge on any atom is 0.122 e. The SMILES string of the molecule is COc1ccc(N(C)C(C)CN)cc1C(C)C. The highest BCUT2D eigenvalue weighted by Gasteiger charge is 2.13. The Kier molecular flexibility index (Phi) is 4.82. The van der Waals surface area contributed by atoms with Crippen LogP contribution in [0.4, 0.5) is 5.69 Å². The fraction of sp³-hybridized carbons (Fsp3) is 0.571. The topological polar surface area (TPSA) is 38.5 Å². The lowest BCUT2D eigenvalue weighted by Gasteiger charge is -2.27. The van der Waals surface area contributed by atoms with Crippen LogP contribution < -0.4 is 15.4 Å². The Labute approximate surface area is 105 Å². The molecule has 0 aliphatic heterocycles. The van der Waals surface area contributed by atoms with Crippen LogP contribution in [0, 0.1) is 0 Å². The summed E-state index contributed by atoms with van der Waals surface area (Å²) >= 11 is 0. The van der Waals surface area contributed by atoms with Gasteiger partial charge in [-0.15, -0.1) is 0 Å². The minimum atomic E-state index is 0.336. The quantitative estimate of drug-likeness (QED) is 0.854. The summed E-state index contributed by atoms with van der Waals surface area (Å²) in [5.74, 6) is 1.41. The largest absolute Gasteiger partial charge is 0.496 e. The van der Waals surface area contributed by atoms with E-state index in [4.69, 9.17) is 10.5 Å². The first-order chi connectivity index (χ1) is 8.01. The zero-order valence-electron chi connectivity index (χ0n) is 11.5.